The molecule has 0 bridgehead atoms. The van der Waals surface area contributed by atoms with Crippen molar-refractivity contribution in [1.29, 1.82) is 0 Å². The van der Waals surface area contributed by atoms with Crippen LogP contribution in [0.1, 0.15) is 46.1 Å². The largest absolute Gasteiger partial charge is 0.284 e. The average molecular weight is 397 g/mol. The van der Waals surface area contributed by atoms with Crippen LogP contribution in [0.15, 0.2) is 34.2 Å². The van der Waals surface area contributed by atoms with E-state index in [2.05, 4.69) is 18.8 Å². The van der Waals surface area contributed by atoms with Gasteiger partial charge in [-0.05, 0) is 31.4 Å². The van der Waals surface area contributed by atoms with Crippen molar-refractivity contribution in [2.45, 2.75) is 51.2 Å². The summed E-state index contributed by atoms with van der Waals surface area (Å²) in [5, 5.41) is 1.21. The molecule has 1 atom stereocenters. The maximum atomic E-state index is 13.0. The second-order valence-electron chi connectivity index (χ2n) is 7.24. The van der Waals surface area contributed by atoms with E-state index in [0.717, 1.165) is 19.3 Å². The van der Waals surface area contributed by atoms with Crippen LogP contribution in [0, 0.1) is 5.92 Å². The Hall–Kier alpha value is -1.34. The molecule has 0 saturated carbocycles. The van der Waals surface area contributed by atoms with E-state index in [1.807, 2.05) is 25.1 Å². The normalized spacial score (nSPS) is 13.4. The quantitative estimate of drug-likeness (QED) is 0.475. The molecule has 7 heteroatoms. The zero-order valence-corrected chi connectivity index (χ0v) is 17.6. The number of hydrogen-bond acceptors (Lipinski definition) is 5. The van der Waals surface area contributed by atoms with E-state index in [9.17, 15) is 13.2 Å². The third-order valence-corrected chi connectivity index (χ3v) is 6.46. The standard InChI is InChI=1S/C19H28N2O3S2/c1-14(2)8-7-9-15(3)21-18(22)16-10-5-6-11-17(16)20-19(21)25-12-13-26(4,23)24/h5-6,10-11,14-15H,7-9,12-13H2,1-4H3. The van der Waals surface area contributed by atoms with Crippen molar-refractivity contribution in [2.75, 3.05) is 17.8 Å². The summed E-state index contributed by atoms with van der Waals surface area (Å²) in [5.41, 5.74) is 0.611. The Morgan fingerprint density at radius 2 is 1.85 bits per heavy atom. The molecule has 0 radical (unpaired) electrons. The first-order valence-electron chi connectivity index (χ1n) is 9.01. The van der Waals surface area contributed by atoms with Crippen molar-refractivity contribution < 1.29 is 8.42 Å². The molecule has 0 spiro atoms. The highest BCUT2D eigenvalue weighted by Gasteiger charge is 2.17. The van der Waals surface area contributed by atoms with Crippen LogP contribution in [0.25, 0.3) is 10.9 Å². The maximum Gasteiger partial charge on any atom is 0.262 e. The van der Waals surface area contributed by atoms with Gasteiger partial charge in [0, 0.05) is 18.1 Å². The zero-order valence-electron chi connectivity index (χ0n) is 15.9. The summed E-state index contributed by atoms with van der Waals surface area (Å²) in [6.07, 6.45) is 4.29. The Labute approximate surface area is 160 Å². The van der Waals surface area contributed by atoms with Crippen LogP contribution in [-0.4, -0.2) is 35.7 Å². The molecule has 1 aromatic heterocycles. The number of benzene rings is 1. The van der Waals surface area contributed by atoms with Gasteiger partial charge in [-0.25, -0.2) is 13.4 Å². The number of para-hydroxylation sites is 1. The van der Waals surface area contributed by atoms with Crippen molar-refractivity contribution in [3.63, 3.8) is 0 Å². The molecule has 1 aromatic carbocycles. The lowest BCUT2D eigenvalue weighted by atomic mass is 10.0. The van der Waals surface area contributed by atoms with Crippen molar-refractivity contribution >= 4 is 32.5 Å². The predicted molar refractivity (Wildman–Crippen MR) is 110 cm³/mol. The molecule has 2 aromatic rings. The molecule has 0 saturated heterocycles. The van der Waals surface area contributed by atoms with Crippen LogP contribution >= 0.6 is 11.8 Å². The average Bonchev–Trinajstić information content (AvgIpc) is 2.53. The molecule has 144 valence electrons. The second kappa shape index (κ2) is 9.04. The molecule has 0 amide bonds. The lowest BCUT2D eigenvalue weighted by Crippen LogP contribution is -2.26. The van der Waals surface area contributed by atoms with Gasteiger partial charge in [-0.2, -0.15) is 0 Å². The molecule has 1 heterocycles. The fourth-order valence-electron chi connectivity index (χ4n) is 2.85. The van der Waals surface area contributed by atoms with Gasteiger partial charge in [0.15, 0.2) is 5.16 Å². The molecular weight excluding hydrogens is 368 g/mol. The van der Waals surface area contributed by atoms with E-state index in [1.54, 1.807) is 10.6 Å². The summed E-state index contributed by atoms with van der Waals surface area (Å²) in [5.74, 6) is 1.10. The highest BCUT2D eigenvalue weighted by Crippen LogP contribution is 2.24. The number of hydrogen-bond donors (Lipinski definition) is 0. The summed E-state index contributed by atoms with van der Waals surface area (Å²) in [4.78, 5) is 17.7. The number of sulfone groups is 1. The van der Waals surface area contributed by atoms with Gasteiger partial charge in [-0.3, -0.25) is 9.36 Å². The maximum absolute atomic E-state index is 13.0. The van der Waals surface area contributed by atoms with Crippen molar-refractivity contribution in [2.24, 2.45) is 5.92 Å². The highest BCUT2D eigenvalue weighted by atomic mass is 32.2. The van der Waals surface area contributed by atoms with Gasteiger partial charge in [0.1, 0.15) is 9.84 Å². The van der Waals surface area contributed by atoms with Gasteiger partial charge < -0.3 is 0 Å². The molecule has 1 unspecified atom stereocenters. The lowest BCUT2D eigenvalue weighted by molar-refractivity contribution is 0.414. The second-order valence-corrected chi connectivity index (χ2v) is 10.6. The minimum absolute atomic E-state index is 0.0269. The topological polar surface area (TPSA) is 69.0 Å². The van der Waals surface area contributed by atoms with E-state index in [0.29, 0.717) is 27.7 Å². The van der Waals surface area contributed by atoms with Gasteiger partial charge >= 0.3 is 0 Å². The van der Waals surface area contributed by atoms with E-state index in [-0.39, 0.29) is 17.4 Å². The Bertz CT molecular complexity index is 905. The zero-order chi connectivity index (χ0) is 19.3. The van der Waals surface area contributed by atoms with Crippen LogP contribution in [0.3, 0.4) is 0 Å². The Kier molecular flexibility index (Phi) is 7.29. The van der Waals surface area contributed by atoms with Crippen LogP contribution in [0.4, 0.5) is 0 Å². The Morgan fingerprint density at radius 1 is 1.15 bits per heavy atom. The minimum Gasteiger partial charge on any atom is -0.284 e. The van der Waals surface area contributed by atoms with Gasteiger partial charge in [0.2, 0.25) is 0 Å². The van der Waals surface area contributed by atoms with Crippen LogP contribution in [0.2, 0.25) is 0 Å². The molecule has 5 nitrogen and oxygen atoms in total. The van der Waals surface area contributed by atoms with Crippen molar-refractivity contribution in [1.82, 2.24) is 9.55 Å². The van der Waals surface area contributed by atoms with E-state index < -0.39 is 9.84 Å². The summed E-state index contributed by atoms with van der Waals surface area (Å²) in [7, 11) is -3.04. The first-order valence-corrected chi connectivity index (χ1v) is 12.1. The Balaban J connectivity index is 2.35. The number of rotatable bonds is 9. The van der Waals surface area contributed by atoms with E-state index in [1.165, 1.54) is 18.0 Å². The minimum atomic E-state index is -3.04. The molecule has 0 N–H and O–H groups in total. The summed E-state index contributed by atoms with van der Waals surface area (Å²) in [6.45, 7) is 6.43. The third kappa shape index (κ3) is 5.84. The van der Waals surface area contributed by atoms with Crippen LogP contribution in [-0.2, 0) is 9.84 Å². The van der Waals surface area contributed by atoms with Gasteiger partial charge in [-0.15, -0.1) is 0 Å². The monoisotopic (exact) mass is 396 g/mol. The molecule has 0 fully saturated rings. The van der Waals surface area contributed by atoms with Crippen molar-refractivity contribution in [3.8, 4) is 0 Å². The van der Waals surface area contributed by atoms with E-state index in [4.69, 9.17) is 0 Å². The SMILES string of the molecule is CC(C)CCCC(C)n1c(SCCS(C)(=O)=O)nc2ccccc2c1=O. The van der Waals surface area contributed by atoms with Crippen LogP contribution in [0.5, 0.6) is 0 Å². The van der Waals surface area contributed by atoms with Gasteiger partial charge in [0.05, 0.1) is 16.7 Å². The molecule has 0 aliphatic carbocycles. The molecule has 2 rings (SSSR count). The first-order chi connectivity index (χ1) is 12.2. The van der Waals surface area contributed by atoms with Gasteiger partial charge in [-0.1, -0.05) is 50.6 Å². The van der Waals surface area contributed by atoms with Crippen LogP contribution < -0.4 is 5.56 Å². The smallest absolute Gasteiger partial charge is 0.262 e. The highest BCUT2D eigenvalue weighted by molar-refractivity contribution is 8.00. The molecular formula is C19H28N2O3S2. The molecule has 0 aliphatic rings. The molecule has 26 heavy (non-hydrogen) atoms. The van der Waals surface area contributed by atoms with Crippen molar-refractivity contribution in [3.05, 3.63) is 34.6 Å². The summed E-state index contributed by atoms with van der Waals surface area (Å²) in [6, 6.07) is 7.35. The molecule has 0 aliphatic heterocycles. The predicted octanol–water partition coefficient (Wildman–Crippen LogP) is 3.92. The van der Waals surface area contributed by atoms with Gasteiger partial charge in [0.25, 0.3) is 5.56 Å². The Morgan fingerprint density at radius 3 is 2.50 bits per heavy atom. The first kappa shape index (κ1) is 21.0. The summed E-state index contributed by atoms with van der Waals surface area (Å²) < 4.78 is 24.6. The fraction of sp³-hybridized carbons (Fsp3) is 0.579. The third-order valence-electron chi connectivity index (χ3n) is 4.30. The fourth-order valence-corrected chi connectivity index (χ4v) is 5.14. The number of aromatic nitrogens is 2. The number of fused-ring (bicyclic) bond motifs is 1. The summed E-state index contributed by atoms with van der Waals surface area (Å²) >= 11 is 1.34. The number of thioether (sulfide) groups is 1. The van der Waals surface area contributed by atoms with E-state index >= 15 is 0 Å². The number of nitrogens with zero attached hydrogens (tertiary/aromatic N) is 2. The lowest BCUT2D eigenvalue weighted by Gasteiger charge is -2.20.